The molecule has 1 rings (SSSR count). The van der Waals surface area contributed by atoms with E-state index in [2.05, 4.69) is 11.9 Å². The van der Waals surface area contributed by atoms with Gasteiger partial charge in [0, 0.05) is 65.8 Å². The fraction of sp³-hybridized carbons (Fsp3) is 0.727. The number of carbonyl (C=O) groups is 1. The average Bonchev–Trinajstić information content (AvgIpc) is 2.09. The van der Waals surface area contributed by atoms with Gasteiger partial charge in [-0.15, -0.1) is 0 Å². The van der Waals surface area contributed by atoms with Gasteiger partial charge in [-0.3, -0.25) is 4.79 Å². The van der Waals surface area contributed by atoms with E-state index >= 15 is 0 Å². The van der Waals surface area contributed by atoms with Crippen LogP contribution in [0.1, 0.15) is 20.8 Å². The van der Waals surface area contributed by atoms with E-state index in [0.29, 0.717) is 0 Å². The first-order valence-corrected chi connectivity index (χ1v) is 4.64. The molecule has 0 spiro atoms. The van der Waals surface area contributed by atoms with Crippen molar-refractivity contribution in [1.29, 1.82) is 0 Å². The number of amides is 1. The summed E-state index contributed by atoms with van der Waals surface area (Å²) in [5.74, 6) is 0.202. The standard InChI is InChI=1S/C7H14N2O.C2H6.2CH3.Y/c1-7(10)9-5-3-8(2)4-6-9;1-2;;;/h3-6H2,1-2H3;1-2H3;2*1H3;/q;;2*-1;. The molecule has 91 valence electrons. The predicted octanol–water partition coefficient (Wildman–Crippen LogP) is 1.70. The molecule has 1 aliphatic heterocycles. The topological polar surface area (TPSA) is 23.6 Å². The number of likely N-dealkylation sites (N-methyl/N-ethyl adjacent to an activating group) is 1. The molecule has 0 aromatic heterocycles. The molecule has 0 saturated carbocycles. The van der Waals surface area contributed by atoms with Gasteiger partial charge in [-0.1, -0.05) is 13.8 Å². The second-order valence-corrected chi connectivity index (χ2v) is 2.81. The molecule has 0 unspecified atom stereocenters. The van der Waals surface area contributed by atoms with Crippen LogP contribution in [0.4, 0.5) is 0 Å². The van der Waals surface area contributed by atoms with E-state index in [1.54, 1.807) is 6.92 Å². The van der Waals surface area contributed by atoms with Crippen LogP contribution in [-0.4, -0.2) is 48.9 Å². The molecule has 0 bridgehead atoms. The second-order valence-electron chi connectivity index (χ2n) is 2.81. The Hall–Kier alpha value is 0.534. The van der Waals surface area contributed by atoms with E-state index in [4.69, 9.17) is 0 Å². The van der Waals surface area contributed by atoms with Crippen LogP contribution < -0.4 is 0 Å². The summed E-state index contributed by atoms with van der Waals surface area (Å²) in [7, 11) is 2.08. The molecular formula is C11H26N2OY-2. The van der Waals surface area contributed by atoms with Crippen molar-refractivity contribution in [2.45, 2.75) is 20.8 Å². The molecule has 0 aliphatic carbocycles. The molecule has 1 radical (unpaired) electrons. The van der Waals surface area contributed by atoms with Crippen molar-refractivity contribution in [3.05, 3.63) is 14.9 Å². The molecule has 0 N–H and O–H groups in total. The normalized spacial score (nSPS) is 14.5. The Morgan fingerprint density at radius 1 is 1.00 bits per heavy atom. The van der Waals surface area contributed by atoms with Gasteiger partial charge in [0.05, 0.1) is 0 Å². The van der Waals surface area contributed by atoms with Crippen LogP contribution in [0.15, 0.2) is 0 Å². The summed E-state index contributed by atoms with van der Waals surface area (Å²) in [5, 5.41) is 0. The molecule has 1 heterocycles. The molecule has 1 amide bonds. The zero-order valence-corrected chi connectivity index (χ0v) is 14.0. The Bertz CT molecular complexity index is 135. The summed E-state index contributed by atoms with van der Waals surface area (Å²) in [5.41, 5.74) is 0. The fourth-order valence-electron chi connectivity index (χ4n) is 1.12. The van der Waals surface area contributed by atoms with E-state index in [1.807, 2.05) is 18.7 Å². The van der Waals surface area contributed by atoms with Gasteiger partial charge in [0.2, 0.25) is 5.91 Å². The second kappa shape index (κ2) is 14.5. The van der Waals surface area contributed by atoms with Crippen LogP contribution in [0, 0.1) is 14.9 Å². The third-order valence-corrected chi connectivity index (χ3v) is 1.95. The quantitative estimate of drug-likeness (QED) is 0.634. The number of hydrogen-bond donors (Lipinski definition) is 0. The minimum absolute atomic E-state index is 0. The maximum Gasteiger partial charge on any atom is 0.219 e. The Morgan fingerprint density at radius 2 is 1.33 bits per heavy atom. The van der Waals surface area contributed by atoms with Crippen molar-refractivity contribution in [2.75, 3.05) is 33.2 Å². The zero-order valence-electron chi connectivity index (χ0n) is 11.2. The van der Waals surface area contributed by atoms with Crippen molar-refractivity contribution in [2.24, 2.45) is 0 Å². The Balaban J connectivity index is -0.000000114. The van der Waals surface area contributed by atoms with Gasteiger partial charge in [-0.2, -0.15) is 0 Å². The first-order chi connectivity index (χ1) is 5.70. The monoisotopic (exact) mass is 291 g/mol. The molecular weight excluding hydrogens is 265 g/mol. The van der Waals surface area contributed by atoms with Crippen molar-refractivity contribution in [1.82, 2.24) is 9.80 Å². The Morgan fingerprint density at radius 3 is 1.60 bits per heavy atom. The van der Waals surface area contributed by atoms with Crippen LogP contribution in [-0.2, 0) is 37.5 Å². The minimum Gasteiger partial charge on any atom is -0.358 e. The molecule has 1 fully saturated rings. The molecule has 1 saturated heterocycles. The molecule has 0 aromatic rings. The number of piperazine rings is 1. The van der Waals surface area contributed by atoms with Crippen LogP contribution in [0.25, 0.3) is 0 Å². The van der Waals surface area contributed by atoms with Crippen molar-refractivity contribution in [3.8, 4) is 0 Å². The van der Waals surface area contributed by atoms with Crippen LogP contribution in [0.2, 0.25) is 0 Å². The fourth-order valence-corrected chi connectivity index (χ4v) is 1.12. The van der Waals surface area contributed by atoms with Crippen LogP contribution >= 0.6 is 0 Å². The molecule has 0 atom stereocenters. The third kappa shape index (κ3) is 10.8. The average molecular weight is 291 g/mol. The molecule has 1 aliphatic rings. The number of hydrogen-bond acceptors (Lipinski definition) is 2. The van der Waals surface area contributed by atoms with Gasteiger partial charge in [-0.25, -0.2) is 0 Å². The molecule has 0 aromatic carbocycles. The largest absolute Gasteiger partial charge is 0.358 e. The maximum absolute atomic E-state index is 10.8. The van der Waals surface area contributed by atoms with Crippen LogP contribution in [0.5, 0.6) is 0 Å². The first kappa shape index (κ1) is 24.7. The van der Waals surface area contributed by atoms with Crippen molar-refractivity contribution >= 4 is 5.91 Å². The van der Waals surface area contributed by atoms with Gasteiger partial charge in [-0.05, 0) is 7.05 Å². The molecule has 3 nitrogen and oxygen atoms in total. The first-order valence-electron chi connectivity index (χ1n) is 4.64. The summed E-state index contributed by atoms with van der Waals surface area (Å²) in [6, 6.07) is 0. The minimum atomic E-state index is 0. The van der Waals surface area contributed by atoms with Crippen molar-refractivity contribution in [3.63, 3.8) is 0 Å². The Kier molecular flexibility index (Phi) is 23.9. The van der Waals surface area contributed by atoms with Crippen molar-refractivity contribution < 1.29 is 37.5 Å². The summed E-state index contributed by atoms with van der Waals surface area (Å²) in [4.78, 5) is 14.9. The molecule has 4 heteroatoms. The summed E-state index contributed by atoms with van der Waals surface area (Å²) in [6.07, 6.45) is 0. The van der Waals surface area contributed by atoms with E-state index in [-0.39, 0.29) is 53.5 Å². The van der Waals surface area contributed by atoms with Gasteiger partial charge in [0.15, 0.2) is 0 Å². The molecule has 15 heavy (non-hydrogen) atoms. The SMILES string of the molecule is CC.CC(=O)N1CCN(C)CC1.[CH3-].[CH3-].[Y]. The van der Waals surface area contributed by atoms with Gasteiger partial charge < -0.3 is 24.7 Å². The number of nitrogens with zero attached hydrogens (tertiary/aromatic N) is 2. The van der Waals surface area contributed by atoms with E-state index < -0.39 is 0 Å². The van der Waals surface area contributed by atoms with E-state index in [0.717, 1.165) is 26.2 Å². The zero-order chi connectivity index (χ0) is 9.56. The summed E-state index contributed by atoms with van der Waals surface area (Å²) in [6.45, 7) is 9.45. The summed E-state index contributed by atoms with van der Waals surface area (Å²) >= 11 is 0. The van der Waals surface area contributed by atoms with E-state index in [1.165, 1.54) is 0 Å². The third-order valence-electron chi connectivity index (χ3n) is 1.95. The maximum atomic E-state index is 10.8. The Labute approximate surface area is 121 Å². The predicted molar refractivity (Wildman–Crippen MR) is 63.9 cm³/mol. The number of rotatable bonds is 0. The smallest absolute Gasteiger partial charge is 0.219 e. The van der Waals surface area contributed by atoms with Crippen LogP contribution in [0.3, 0.4) is 0 Å². The van der Waals surface area contributed by atoms with E-state index in [9.17, 15) is 4.79 Å². The number of carbonyl (C=O) groups excluding carboxylic acids is 1. The summed E-state index contributed by atoms with van der Waals surface area (Å²) < 4.78 is 0. The van der Waals surface area contributed by atoms with Gasteiger partial charge in [0.25, 0.3) is 0 Å². The van der Waals surface area contributed by atoms with Gasteiger partial charge in [0.1, 0.15) is 0 Å². The van der Waals surface area contributed by atoms with Gasteiger partial charge >= 0.3 is 0 Å².